The van der Waals surface area contributed by atoms with E-state index < -0.39 is 11.1 Å². The zero-order valence-corrected chi connectivity index (χ0v) is 11.7. The lowest BCUT2D eigenvalue weighted by atomic mass is 9.93. The number of alkyl halides is 3. The highest BCUT2D eigenvalue weighted by Crippen LogP contribution is 2.35. The van der Waals surface area contributed by atoms with Crippen molar-refractivity contribution < 1.29 is 13.2 Å². The molecule has 1 heterocycles. The fourth-order valence-corrected chi connectivity index (χ4v) is 2.39. The van der Waals surface area contributed by atoms with Crippen LogP contribution in [-0.2, 0) is 6.18 Å². The van der Waals surface area contributed by atoms with E-state index in [4.69, 9.17) is 0 Å². The molecule has 0 radical (unpaired) electrons. The van der Waals surface area contributed by atoms with Gasteiger partial charge in [-0.2, -0.15) is 13.2 Å². The molecular weight excluding hydrogens is 263 g/mol. The number of rotatable bonds is 5. The van der Waals surface area contributed by atoms with E-state index in [-0.39, 0.29) is 5.41 Å². The number of nitrogens with zero attached hydrogens (tertiary/aromatic N) is 2. The molecule has 1 aromatic heterocycles. The fraction of sp³-hybridized carbons (Fsp3) is 0.727. The summed E-state index contributed by atoms with van der Waals surface area (Å²) in [6.45, 7) is 5.53. The Morgan fingerprint density at radius 2 is 1.94 bits per heavy atom. The van der Waals surface area contributed by atoms with E-state index >= 15 is 0 Å². The van der Waals surface area contributed by atoms with Gasteiger partial charge in [0, 0.05) is 13.1 Å². The SMILES string of the molecule is CN(C)CC(C)(C)CNc1ncc(C(F)(F)F)s1. The van der Waals surface area contributed by atoms with Gasteiger partial charge in [0.05, 0.1) is 6.20 Å². The molecule has 0 amide bonds. The molecule has 1 aromatic rings. The zero-order chi connectivity index (χ0) is 14.0. The summed E-state index contributed by atoms with van der Waals surface area (Å²) in [5, 5.41) is 3.28. The molecule has 0 aromatic carbocycles. The highest BCUT2D eigenvalue weighted by atomic mass is 32.1. The molecule has 0 saturated carbocycles. The average Bonchev–Trinajstić information content (AvgIpc) is 2.60. The summed E-state index contributed by atoms with van der Waals surface area (Å²) in [5.74, 6) is 0. The normalized spacial score (nSPS) is 13.1. The fourth-order valence-electron chi connectivity index (χ4n) is 1.71. The van der Waals surface area contributed by atoms with Crippen LogP contribution >= 0.6 is 11.3 Å². The Labute approximate surface area is 109 Å². The first-order valence-electron chi connectivity index (χ1n) is 5.52. The Morgan fingerprint density at radius 1 is 1.33 bits per heavy atom. The maximum Gasteiger partial charge on any atom is 0.427 e. The number of nitrogens with one attached hydrogen (secondary N) is 1. The molecule has 0 spiro atoms. The van der Waals surface area contributed by atoms with Gasteiger partial charge in [-0.3, -0.25) is 0 Å². The molecule has 0 fully saturated rings. The summed E-state index contributed by atoms with van der Waals surface area (Å²) in [4.78, 5) is 5.11. The number of aromatic nitrogens is 1. The van der Waals surface area contributed by atoms with Crippen molar-refractivity contribution in [2.75, 3.05) is 32.5 Å². The highest BCUT2D eigenvalue weighted by Gasteiger charge is 2.33. The van der Waals surface area contributed by atoms with Crippen molar-refractivity contribution in [3.05, 3.63) is 11.1 Å². The van der Waals surface area contributed by atoms with E-state index in [0.717, 1.165) is 12.7 Å². The monoisotopic (exact) mass is 281 g/mol. The van der Waals surface area contributed by atoms with Crippen molar-refractivity contribution in [3.8, 4) is 0 Å². The van der Waals surface area contributed by atoms with Crippen molar-refractivity contribution in [3.63, 3.8) is 0 Å². The third-order valence-electron chi connectivity index (χ3n) is 2.25. The van der Waals surface area contributed by atoms with Crippen molar-refractivity contribution in [1.29, 1.82) is 0 Å². The summed E-state index contributed by atoms with van der Waals surface area (Å²) >= 11 is 0.639. The number of hydrogen-bond acceptors (Lipinski definition) is 4. The Bertz CT molecular complexity index is 385. The zero-order valence-electron chi connectivity index (χ0n) is 10.9. The van der Waals surface area contributed by atoms with Gasteiger partial charge >= 0.3 is 6.18 Å². The molecule has 1 rings (SSSR count). The van der Waals surface area contributed by atoms with Crippen molar-refractivity contribution in [2.45, 2.75) is 20.0 Å². The number of thiazole rings is 1. The van der Waals surface area contributed by atoms with Gasteiger partial charge in [-0.05, 0) is 19.5 Å². The molecule has 0 atom stereocenters. The van der Waals surface area contributed by atoms with E-state index in [0.29, 0.717) is 23.0 Å². The molecule has 0 aliphatic rings. The molecule has 7 heteroatoms. The minimum atomic E-state index is -4.31. The smallest absolute Gasteiger partial charge is 0.361 e. The van der Waals surface area contributed by atoms with Gasteiger partial charge in [-0.15, -0.1) is 0 Å². The van der Waals surface area contributed by atoms with Gasteiger partial charge in [0.25, 0.3) is 0 Å². The van der Waals surface area contributed by atoms with Crippen molar-refractivity contribution in [2.24, 2.45) is 5.41 Å². The highest BCUT2D eigenvalue weighted by molar-refractivity contribution is 7.15. The van der Waals surface area contributed by atoms with Crippen LogP contribution in [0.3, 0.4) is 0 Å². The van der Waals surface area contributed by atoms with E-state index in [1.54, 1.807) is 0 Å². The first-order chi connectivity index (χ1) is 8.10. The van der Waals surface area contributed by atoms with Crippen LogP contribution < -0.4 is 5.32 Å². The molecule has 104 valence electrons. The maximum atomic E-state index is 12.4. The topological polar surface area (TPSA) is 28.2 Å². The predicted molar refractivity (Wildman–Crippen MR) is 67.9 cm³/mol. The van der Waals surface area contributed by atoms with Crippen LogP contribution in [0.1, 0.15) is 18.7 Å². The van der Waals surface area contributed by atoms with E-state index in [2.05, 4.69) is 24.1 Å². The molecule has 18 heavy (non-hydrogen) atoms. The van der Waals surface area contributed by atoms with Gasteiger partial charge in [0.1, 0.15) is 4.88 Å². The van der Waals surface area contributed by atoms with Crippen LogP contribution in [0.25, 0.3) is 0 Å². The van der Waals surface area contributed by atoms with Crippen LogP contribution in [0.2, 0.25) is 0 Å². The third-order valence-corrected chi connectivity index (χ3v) is 3.25. The van der Waals surface area contributed by atoms with Crippen LogP contribution in [0.15, 0.2) is 6.20 Å². The van der Waals surface area contributed by atoms with Crippen LogP contribution in [0, 0.1) is 5.41 Å². The lowest BCUT2D eigenvalue weighted by molar-refractivity contribution is -0.134. The van der Waals surface area contributed by atoms with Crippen molar-refractivity contribution in [1.82, 2.24) is 9.88 Å². The summed E-state index contributed by atoms with van der Waals surface area (Å²) in [6, 6.07) is 0. The summed E-state index contributed by atoms with van der Waals surface area (Å²) in [7, 11) is 3.93. The number of halogens is 3. The lowest BCUT2D eigenvalue weighted by Crippen LogP contribution is -2.34. The molecule has 0 aliphatic carbocycles. The van der Waals surface area contributed by atoms with E-state index in [1.165, 1.54) is 0 Å². The summed E-state index contributed by atoms with van der Waals surface area (Å²) in [5.41, 5.74) is -0.0342. The molecule has 0 saturated heterocycles. The maximum absolute atomic E-state index is 12.4. The lowest BCUT2D eigenvalue weighted by Gasteiger charge is -2.28. The molecule has 3 nitrogen and oxygen atoms in total. The summed E-state index contributed by atoms with van der Waals surface area (Å²) in [6.07, 6.45) is -3.44. The average molecular weight is 281 g/mol. The molecule has 0 bridgehead atoms. The standard InChI is InChI=1S/C11H18F3N3S/c1-10(2,7-17(3)4)6-16-9-15-5-8(18-9)11(12,13)14/h5H,6-7H2,1-4H3,(H,15,16). The molecular formula is C11H18F3N3S. The van der Waals surface area contributed by atoms with Gasteiger partial charge in [-0.1, -0.05) is 25.2 Å². The van der Waals surface area contributed by atoms with Gasteiger partial charge in [0.2, 0.25) is 0 Å². The second-order valence-electron chi connectivity index (χ2n) is 5.28. The molecule has 1 N–H and O–H groups in total. The van der Waals surface area contributed by atoms with Gasteiger partial charge < -0.3 is 10.2 Å². The second kappa shape index (κ2) is 5.44. The van der Waals surface area contributed by atoms with E-state index in [1.807, 2.05) is 19.0 Å². The molecule has 0 aliphatic heterocycles. The quantitative estimate of drug-likeness (QED) is 0.898. The third kappa shape index (κ3) is 4.81. The van der Waals surface area contributed by atoms with Gasteiger partial charge in [-0.25, -0.2) is 4.98 Å². The Hall–Kier alpha value is -0.820. The van der Waals surface area contributed by atoms with Crippen molar-refractivity contribution >= 4 is 16.5 Å². The first kappa shape index (κ1) is 15.2. The van der Waals surface area contributed by atoms with Crippen LogP contribution in [0.4, 0.5) is 18.3 Å². The first-order valence-corrected chi connectivity index (χ1v) is 6.33. The second-order valence-corrected chi connectivity index (χ2v) is 6.31. The minimum absolute atomic E-state index is 0.0342. The predicted octanol–water partition coefficient (Wildman–Crippen LogP) is 3.16. The Balaban J connectivity index is 2.56. The van der Waals surface area contributed by atoms with E-state index in [9.17, 15) is 13.2 Å². The summed E-state index contributed by atoms with van der Waals surface area (Å²) < 4.78 is 37.2. The Kier molecular flexibility index (Phi) is 4.61. The van der Waals surface area contributed by atoms with Crippen LogP contribution in [0.5, 0.6) is 0 Å². The largest absolute Gasteiger partial charge is 0.427 e. The Morgan fingerprint density at radius 3 is 2.39 bits per heavy atom. The minimum Gasteiger partial charge on any atom is -0.361 e. The number of anilines is 1. The number of hydrogen-bond donors (Lipinski definition) is 1. The van der Waals surface area contributed by atoms with Crippen LogP contribution in [-0.4, -0.2) is 37.1 Å². The molecule has 0 unspecified atom stereocenters. The van der Waals surface area contributed by atoms with Gasteiger partial charge in [0.15, 0.2) is 5.13 Å².